The molecule has 156 valence electrons. The molecule has 4 rings (SSSR count). The summed E-state index contributed by atoms with van der Waals surface area (Å²) in [4.78, 5) is 11.0. The van der Waals surface area contributed by atoms with Crippen LogP contribution in [0.1, 0.15) is 29.8 Å². The molecule has 0 unspecified atom stereocenters. The fourth-order valence-corrected chi connectivity index (χ4v) is 3.89. The Morgan fingerprint density at radius 2 is 1.58 bits per heavy atom. The van der Waals surface area contributed by atoms with Gasteiger partial charge in [-0.3, -0.25) is 4.79 Å². The number of fused-ring (bicyclic) bond motifs is 1. The van der Waals surface area contributed by atoms with Gasteiger partial charge in [-0.15, -0.1) is 0 Å². The molecule has 4 aromatic carbocycles. The number of carbonyl (C=O) groups excluding carboxylic acids is 1. The van der Waals surface area contributed by atoms with E-state index in [-0.39, 0.29) is 0 Å². The third-order valence-corrected chi connectivity index (χ3v) is 5.31. The van der Waals surface area contributed by atoms with E-state index in [4.69, 9.17) is 9.47 Å². The molecule has 0 saturated heterocycles. The van der Waals surface area contributed by atoms with Crippen molar-refractivity contribution in [2.24, 2.45) is 5.92 Å². The summed E-state index contributed by atoms with van der Waals surface area (Å²) in [5.41, 5.74) is 4.09. The minimum absolute atomic E-state index is 0.491. The highest BCUT2D eigenvalue weighted by Crippen LogP contribution is 2.43. The summed E-state index contributed by atoms with van der Waals surface area (Å²) in [6.45, 7) is 4.45. The molecule has 0 heterocycles. The molecule has 0 N–H and O–H groups in total. The number of carbonyl (C=O) groups is 1. The van der Waals surface area contributed by atoms with Crippen LogP contribution >= 0.6 is 0 Å². The van der Waals surface area contributed by atoms with Crippen LogP contribution in [0.4, 0.5) is 0 Å². The molecule has 0 atom stereocenters. The van der Waals surface area contributed by atoms with Gasteiger partial charge in [0.25, 0.3) is 0 Å². The first kappa shape index (κ1) is 20.7. The maximum atomic E-state index is 11.0. The van der Waals surface area contributed by atoms with E-state index in [0.29, 0.717) is 17.2 Å². The van der Waals surface area contributed by atoms with Crippen molar-refractivity contribution in [3.05, 3.63) is 90.0 Å². The molecule has 0 spiro atoms. The van der Waals surface area contributed by atoms with Gasteiger partial charge >= 0.3 is 0 Å². The lowest BCUT2D eigenvalue weighted by atomic mass is 9.89. The Bertz CT molecular complexity index is 1190. The van der Waals surface area contributed by atoms with Gasteiger partial charge in [0, 0.05) is 16.5 Å². The zero-order chi connectivity index (χ0) is 21.8. The van der Waals surface area contributed by atoms with Crippen molar-refractivity contribution in [1.29, 1.82) is 0 Å². The number of benzene rings is 4. The van der Waals surface area contributed by atoms with Gasteiger partial charge in [0.2, 0.25) is 0 Å². The van der Waals surface area contributed by atoms with E-state index < -0.39 is 0 Å². The normalized spacial score (nSPS) is 11.0. The monoisotopic (exact) mass is 410 g/mol. The Hall–Kier alpha value is -3.59. The van der Waals surface area contributed by atoms with Crippen LogP contribution in [0.2, 0.25) is 0 Å². The highest BCUT2D eigenvalue weighted by molar-refractivity contribution is 5.98. The Balaban J connectivity index is 1.98. The predicted molar refractivity (Wildman–Crippen MR) is 126 cm³/mol. The predicted octanol–water partition coefficient (Wildman–Crippen LogP) is 7.32. The zero-order valence-electron chi connectivity index (χ0n) is 18.1. The van der Waals surface area contributed by atoms with Crippen molar-refractivity contribution < 1.29 is 14.3 Å². The first-order valence-corrected chi connectivity index (χ1v) is 10.5. The van der Waals surface area contributed by atoms with Gasteiger partial charge < -0.3 is 9.47 Å². The number of aldehydes is 1. The van der Waals surface area contributed by atoms with Crippen molar-refractivity contribution in [1.82, 2.24) is 0 Å². The second-order valence-corrected chi connectivity index (χ2v) is 8.08. The summed E-state index contributed by atoms with van der Waals surface area (Å²) in [6.07, 6.45) is 1.77. The summed E-state index contributed by atoms with van der Waals surface area (Å²) in [7, 11) is 1.68. The molecular formula is C28H26O3. The average molecular weight is 411 g/mol. The fraction of sp³-hybridized carbons (Fsp3) is 0.179. The molecule has 0 aromatic heterocycles. The number of methoxy groups -OCH3 is 1. The van der Waals surface area contributed by atoms with Crippen LogP contribution in [0, 0.1) is 5.92 Å². The van der Waals surface area contributed by atoms with Crippen molar-refractivity contribution >= 4 is 17.1 Å². The van der Waals surface area contributed by atoms with E-state index in [2.05, 4.69) is 56.3 Å². The minimum atomic E-state index is 0.491. The van der Waals surface area contributed by atoms with E-state index in [0.717, 1.165) is 46.1 Å². The summed E-state index contributed by atoms with van der Waals surface area (Å²) < 4.78 is 12.0. The highest BCUT2D eigenvalue weighted by atomic mass is 16.5. The standard InChI is InChI=1S/C28H26O3/c1-19(2)15-23-16-22-17-25(30-3)13-14-26(22)28(27(23)21-7-5-4-6-8-21)31-24-11-9-20(18-29)10-12-24/h4-14,16-19H,15H2,1-3H3. The molecule has 0 aliphatic rings. The van der Waals surface area contributed by atoms with E-state index in [9.17, 15) is 4.79 Å². The lowest BCUT2D eigenvalue weighted by Gasteiger charge is -2.20. The second-order valence-electron chi connectivity index (χ2n) is 8.08. The van der Waals surface area contributed by atoms with Crippen LogP contribution in [0.15, 0.2) is 78.9 Å². The average Bonchev–Trinajstić information content (AvgIpc) is 2.79. The van der Waals surface area contributed by atoms with Crippen molar-refractivity contribution in [2.45, 2.75) is 20.3 Å². The van der Waals surface area contributed by atoms with Crippen LogP contribution in [0.3, 0.4) is 0 Å². The van der Waals surface area contributed by atoms with Gasteiger partial charge in [-0.1, -0.05) is 50.2 Å². The Morgan fingerprint density at radius 3 is 2.23 bits per heavy atom. The summed E-state index contributed by atoms with van der Waals surface area (Å²) >= 11 is 0. The van der Waals surface area contributed by atoms with Crippen molar-refractivity contribution in [3.63, 3.8) is 0 Å². The smallest absolute Gasteiger partial charge is 0.150 e. The molecule has 0 bridgehead atoms. The van der Waals surface area contributed by atoms with Crippen molar-refractivity contribution in [3.8, 4) is 28.4 Å². The molecule has 3 nitrogen and oxygen atoms in total. The molecule has 3 heteroatoms. The second kappa shape index (κ2) is 9.05. The van der Waals surface area contributed by atoms with Crippen molar-refractivity contribution in [2.75, 3.05) is 7.11 Å². The Kier molecular flexibility index (Phi) is 6.03. The number of rotatable bonds is 7. The third-order valence-electron chi connectivity index (χ3n) is 5.31. The maximum Gasteiger partial charge on any atom is 0.150 e. The quantitative estimate of drug-likeness (QED) is 0.299. The van der Waals surface area contributed by atoms with Crippen LogP contribution < -0.4 is 9.47 Å². The van der Waals surface area contributed by atoms with Gasteiger partial charge in [-0.05, 0) is 71.3 Å². The highest BCUT2D eigenvalue weighted by Gasteiger charge is 2.19. The number of hydrogen-bond acceptors (Lipinski definition) is 3. The summed E-state index contributed by atoms with van der Waals surface area (Å²) in [6, 6.07) is 25.9. The van der Waals surface area contributed by atoms with Crippen LogP contribution in [0.25, 0.3) is 21.9 Å². The number of ether oxygens (including phenoxy) is 2. The van der Waals surface area contributed by atoms with Gasteiger partial charge in [0.1, 0.15) is 23.5 Å². The zero-order valence-corrected chi connectivity index (χ0v) is 18.1. The molecular weight excluding hydrogens is 384 g/mol. The molecule has 31 heavy (non-hydrogen) atoms. The van der Waals surface area contributed by atoms with Crippen LogP contribution in [-0.2, 0) is 6.42 Å². The lowest BCUT2D eigenvalue weighted by Crippen LogP contribution is -2.01. The van der Waals surface area contributed by atoms with Gasteiger partial charge in [-0.25, -0.2) is 0 Å². The SMILES string of the molecule is COc1ccc2c(Oc3ccc(C=O)cc3)c(-c3ccccc3)c(CC(C)C)cc2c1. The van der Waals surface area contributed by atoms with Gasteiger partial charge in [0.05, 0.1) is 7.11 Å². The summed E-state index contributed by atoms with van der Waals surface area (Å²) in [5, 5.41) is 2.10. The Morgan fingerprint density at radius 1 is 0.871 bits per heavy atom. The largest absolute Gasteiger partial charge is 0.497 e. The fourth-order valence-electron chi connectivity index (χ4n) is 3.89. The minimum Gasteiger partial charge on any atom is -0.497 e. The first-order valence-electron chi connectivity index (χ1n) is 10.5. The summed E-state index contributed by atoms with van der Waals surface area (Å²) in [5.74, 6) is 2.82. The van der Waals surface area contributed by atoms with E-state index >= 15 is 0 Å². The van der Waals surface area contributed by atoms with E-state index in [1.807, 2.05) is 24.3 Å². The molecule has 0 amide bonds. The van der Waals surface area contributed by atoms with E-state index in [1.165, 1.54) is 5.56 Å². The molecule has 4 aromatic rings. The first-order chi connectivity index (χ1) is 15.1. The van der Waals surface area contributed by atoms with Gasteiger partial charge in [-0.2, -0.15) is 0 Å². The van der Waals surface area contributed by atoms with E-state index in [1.54, 1.807) is 19.2 Å². The topological polar surface area (TPSA) is 35.5 Å². The lowest BCUT2D eigenvalue weighted by molar-refractivity contribution is 0.112. The number of hydrogen-bond donors (Lipinski definition) is 0. The molecule has 0 aliphatic carbocycles. The maximum absolute atomic E-state index is 11.0. The molecule has 0 saturated carbocycles. The molecule has 0 radical (unpaired) electrons. The van der Waals surface area contributed by atoms with Crippen LogP contribution in [-0.4, -0.2) is 13.4 Å². The van der Waals surface area contributed by atoms with Crippen LogP contribution in [0.5, 0.6) is 17.2 Å². The third kappa shape index (κ3) is 4.46. The molecule has 0 aliphatic heterocycles. The Labute approximate surface area is 183 Å². The van der Waals surface area contributed by atoms with Gasteiger partial charge in [0.15, 0.2) is 0 Å². The molecule has 0 fully saturated rings.